The number of aryl methyl sites for hydroxylation is 2. The van der Waals surface area contributed by atoms with Gasteiger partial charge in [0.2, 0.25) is 5.91 Å². The molecular weight excluding hydrogens is 452 g/mol. The average Bonchev–Trinajstić information content (AvgIpc) is 3.35. The maximum Gasteiger partial charge on any atom is 0.272 e. The number of aromatic nitrogens is 2. The van der Waals surface area contributed by atoms with Gasteiger partial charge in [-0.25, -0.2) is 4.99 Å². The third-order valence-corrected chi connectivity index (χ3v) is 5.05. The first kappa shape index (κ1) is 27.4. The Hall–Kier alpha value is -3.84. The third kappa shape index (κ3) is 9.14. The standard InChI is InChI=1S/C22H36N10O3/c1-31-14-16(11-17(31)20(34)27-9-5-8-26-7-4-3-6-23)30-21(35)18-10-15(13-32(18)2)29-19(33)12-28-22(24)25/h10-11,13-14,26H,3-9,12,23H2,1-2H3,(H,27,34)(H,29,33)(H,30,35)(H4,24,25,28). The molecule has 13 nitrogen and oxygen atoms in total. The summed E-state index contributed by atoms with van der Waals surface area (Å²) < 4.78 is 3.22. The van der Waals surface area contributed by atoms with Crippen LogP contribution in [0.3, 0.4) is 0 Å². The molecule has 0 bridgehead atoms. The van der Waals surface area contributed by atoms with E-state index in [0.717, 1.165) is 32.4 Å². The summed E-state index contributed by atoms with van der Waals surface area (Å²) in [5.41, 5.74) is 17.5. The number of amides is 3. The summed E-state index contributed by atoms with van der Waals surface area (Å²) in [4.78, 5) is 40.8. The quantitative estimate of drug-likeness (QED) is 0.103. The fraction of sp³-hybridized carbons (Fsp3) is 0.455. The van der Waals surface area contributed by atoms with Gasteiger partial charge in [0.05, 0.1) is 11.4 Å². The van der Waals surface area contributed by atoms with Gasteiger partial charge in [-0.05, 0) is 51.0 Å². The van der Waals surface area contributed by atoms with Gasteiger partial charge in [-0.15, -0.1) is 0 Å². The van der Waals surface area contributed by atoms with E-state index >= 15 is 0 Å². The highest BCUT2D eigenvalue weighted by Gasteiger charge is 2.16. The van der Waals surface area contributed by atoms with Crippen LogP contribution in [0.25, 0.3) is 0 Å². The van der Waals surface area contributed by atoms with Crippen molar-refractivity contribution in [2.45, 2.75) is 19.3 Å². The number of guanidine groups is 1. The van der Waals surface area contributed by atoms with E-state index in [1.54, 1.807) is 41.7 Å². The molecule has 13 heteroatoms. The van der Waals surface area contributed by atoms with E-state index in [-0.39, 0.29) is 18.4 Å². The van der Waals surface area contributed by atoms with Gasteiger partial charge in [0.1, 0.15) is 17.9 Å². The zero-order valence-corrected chi connectivity index (χ0v) is 20.3. The van der Waals surface area contributed by atoms with Gasteiger partial charge in [0, 0.05) is 33.0 Å². The molecule has 2 heterocycles. The van der Waals surface area contributed by atoms with Gasteiger partial charge < -0.3 is 47.6 Å². The van der Waals surface area contributed by atoms with Gasteiger partial charge in [0.15, 0.2) is 5.96 Å². The van der Waals surface area contributed by atoms with Crippen molar-refractivity contribution in [2.24, 2.45) is 36.3 Å². The van der Waals surface area contributed by atoms with Crippen molar-refractivity contribution < 1.29 is 14.4 Å². The number of carbonyl (C=O) groups is 3. The minimum atomic E-state index is -0.419. The Labute approximate surface area is 204 Å². The maximum atomic E-state index is 12.8. The molecule has 35 heavy (non-hydrogen) atoms. The van der Waals surface area contributed by atoms with E-state index in [1.165, 1.54) is 6.07 Å². The van der Waals surface area contributed by atoms with E-state index in [0.29, 0.717) is 35.9 Å². The van der Waals surface area contributed by atoms with Crippen molar-refractivity contribution in [1.82, 2.24) is 19.8 Å². The smallest absolute Gasteiger partial charge is 0.272 e. The number of nitrogens with two attached hydrogens (primary N) is 3. The van der Waals surface area contributed by atoms with Crippen LogP contribution in [-0.4, -0.2) is 65.5 Å². The summed E-state index contributed by atoms with van der Waals surface area (Å²) in [6.45, 7) is 2.74. The number of unbranched alkanes of at least 4 members (excludes halogenated alkanes) is 1. The van der Waals surface area contributed by atoms with Crippen LogP contribution in [0.2, 0.25) is 0 Å². The molecule has 0 atom stereocenters. The lowest BCUT2D eigenvalue weighted by Gasteiger charge is -2.07. The molecule has 0 saturated heterocycles. The first-order valence-corrected chi connectivity index (χ1v) is 11.4. The van der Waals surface area contributed by atoms with Gasteiger partial charge >= 0.3 is 0 Å². The largest absolute Gasteiger partial charge is 0.370 e. The molecule has 2 rings (SSSR count). The number of hydrogen-bond acceptors (Lipinski definition) is 6. The third-order valence-electron chi connectivity index (χ3n) is 5.05. The summed E-state index contributed by atoms with van der Waals surface area (Å²) in [5, 5.41) is 11.6. The Bertz CT molecular complexity index is 1040. The van der Waals surface area contributed by atoms with Crippen molar-refractivity contribution in [1.29, 1.82) is 0 Å². The monoisotopic (exact) mass is 488 g/mol. The number of aliphatic imine (C=N–C) groups is 1. The molecule has 3 amide bonds. The first-order chi connectivity index (χ1) is 16.7. The second-order valence-corrected chi connectivity index (χ2v) is 8.05. The number of anilines is 2. The van der Waals surface area contributed by atoms with E-state index in [1.807, 2.05) is 0 Å². The van der Waals surface area contributed by atoms with Crippen LogP contribution < -0.4 is 38.5 Å². The van der Waals surface area contributed by atoms with Crippen LogP contribution in [0.1, 0.15) is 40.2 Å². The minimum absolute atomic E-state index is 0.185. The minimum Gasteiger partial charge on any atom is -0.370 e. The summed E-state index contributed by atoms with van der Waals surface area (Å²) in [6.07, 6.45) is 6.10. The number of rotatable bonds is 14. The molecule has 0 fully saturated rings. The second-order valence-electron chi connectivity index (χ2n) is 8.05. The summed E-state index contributed by atoms with van der Waals surface area (Å²) >= 11 is 0. The van der Waals surface area contributed by atoms with E-state index in [4.69, 9.17) is 17.2 Å². The fourth-order valence-corrected chi connectivity index (χ4v) is 3.30. The molecule has 0 aliphatic rings. The first-order valence-electron chi connectivity index (χ1n) is 11.4. The molecule has 192 valence electrons. The molecular formula is C22H36N10O3. The SMILES string of the molecule is Cn1cc(NC(=O)c2cc(NC(=O)CN=C(N)N)cn2C)cc1C(=O)NCCCNCCCCN. The topological polar surface area (TPSA) is 200 Å². The summed E-state index contributed by atoms with van der Waals surface area (Å²) in [6, 6.07) is 3.14. The van der Waals surface area contributed by atoms with Gasteiger partial charge in [-0.1, -0.05) is 0 Å². The maximum absolute atomic E-state index is 12.8. The van der Waals surface area contributed by atoms with Crippen molar-refractivity contribution in [2.75, 3.05) is 43.4 Å². The molecule has 2 aromatic rings. The lowest BCUT2D eigenvalue weighted by molar-refractivity contribution is -0.114. The Morgan fingerprint density at radius 1 is 0.857 bits per heavy atom. The molecule has 0 aliphatic carbocycles. The van der Waals surface area contributed by atoms with E-state index in [9.17, 15) is 14.4 Å². The van der Waals surface area contributed by atoms with Crippen molar-refractivity contribution in [3.63, 3.8) is 0 Å². The molecule has 0 unspecified atom stereocenters. The van der Waals surface area contributed by atoms with Crippen molar-refractivity contribution >= 4 is 35.1 Å². The average molecular weight is 489 g/mol. The predicted molar refractivity (Wildman–Crippen MR) is 136 cm³/mol. The zero-order valence-electron chi connectivity index (χ0n) is 20.3. The Morgan fingerprint density at radius 3 is 2.09 bits per heavy atom. The van der Waals surface area contributed by atoms with Gasteiger partial charge in [-0.2, -0.15) is 0 Å². The summed E-state index contributed by atoms with van der Waals surface area (Å²) in [7, 11) is 3.41. The van der Waals surface area contributed by atoms with Crippen LogP contribution >= 0.6 is 0 Å². The van der Waals surface area contributed by atoms with Gasteiger partial charge in [-0.3, -0.25) is 14.4 Å². The highest BCUT2D eigenvalue weighted by molar-refractivity contribution is 6.05. The fourth-order valence-electron chi connectivity index (χ4n) is 3.30. The van der Waals surface area contributed by atoms with Crippen LogP contribution in [0.4, 0.5) is 11.4 Å². The van der Waals surface area contributed by atoms with E-state index < -0.39 is 11.8 Å². The molecule has 0 spiro atoms. The Morgan fingerprint density at radius 2 is 1.46 bits per heavy atom. The number of nitrogens with one attached hydrogen (secondary N) is 4. The van der Waals surface area contributed by atoms with Gasteiger partial charge in [0.25, 0.3) is 11.8 Å². The van der Waals surface area contributed by atoms with Crippen molar-refractivity contribution in [3.05, 3.63) is 35.9 Å². The Kier molecular flexibility index (Phi) is 10.8. The van der Waals surface area contributed by atoms with Crippen LogP contribution in [0.5, 0.6) is 0 Å². The molecule has 0 saturated carbocycles. The van der Waals surface area contributed by atoms with Crippen LogP contribution in [0.15, 0.2) is 29.5 Å². The molecule has 10 N–H and O–H groups in total. The van der Waals surface area contributed by atoms with E-state index in [2.05, 4.69) is 26.3 Å². The van der Waals surface area contributed by atoms with Crippen molar-refractivity contribution in [3.8, 4) is 0 Å². The number of carbonyl (C=O) groups excluding carboxylic acids is 3. The molecule has 0 radical (unpaired) electrons. The highest BCUT2D eigenvalue weighted by Crippen LogP contribution is 2.17. The number of nitrogens with zero attached hydrogens (tertiary/aromatic N) is 3. The Balaban J connectivity index is 1.87. The lowest BCUT2D eigenvalue weighted by atomic mass is 10.3. The summed E-state index contributed by atoms with van der Waals surface area (Å²) in [5.74, 6) is -1.22. The molecule has 0 aromatic carbocycles. The van der Waals surface area contributed by atoms with Crippen LogP contribution in [-0.2, 0) is 18.9 Å². The highest BCUT2D eigenvalue weighted by atomic mass is 16.2. The molecule has 0 aliphatic heterocycles. The number of hydrogen-bond donors (Lipinski definition) is 7. The second kappa shape index (κ2) is 13.8. The zero-order chi connectivity index (χ0) is 25.8. The molecule has 2 aromatic heterocycles. The predicted octanol–water partition coefficient (Wildman–Crippen LogP) is -0.724. The van der Waals surface area contributed by atoms with Crippen LogP contribution in [0, 0.1) is 0 Å². The normalized spacial score (nSPS) is 10.6. The lowest BCUT2D eigenvalue weighted by Crippen LogP contribution is -2.28.